The summed E-state index contributed by atoms with van der Waals surface area (Å²) >= 11 is 0. The molecular weight excluding hydrogens is 608 g/mol. The molecule has 2 amide bonds. The van der Waals surface area contributed by atoms with Gasteiger partial charge in [0.2, 0.25) is 5.91 Å². The molecule has 1 atom stereocenters. The maximum Gasteiger partial charge on any atom is 0.416 e. The van der Waals surface area contributed by atoms with Gasteiger partial charge in [0.15, 0.2) is 0 Å². The Kier molecular flexibility index (Phi) is 11.1. The Morgan fingerprint density at radius 1 is 0.818 bits per heavy atom. The van der Waals surface area contributed by atoms with E-state index < -0.39 is 41.0 Å². The maximum atomic E-state index is 13.6. The van der Waals surface area contributed by atoms with E-state index in [9.17, 15) is 35.9 Å². The Bertz CT molecular complexity index is 1430. The van der Waals surface area contributed by atoms with Crippen LogP contribution in [0.1, 0.15) is 43.7 Å². The minimum Gasteiger partial charge on any atom is -0.338 e. The molecule has 1 saturated heterocycles. The number of likely N-dealkylation sites (N-methyl/N-ethyl adjacent to an activating group) is 1. The molecule has 3 aromatic rings. The monoisotopic (exact) mass is 641 g/mol. The van der Waals surface area contributed by atoms with E-state index >= 15 is 0 Å². The van der Waals surface area contributed by atoms with Gasteiger partial charge in [0.1, 0.15) is 0 Å². The summed E-state index contributed by atoms with van der Waals surface area (Å²) in [6.45, 7) is 4.63. The molecule has 1 aliphatic heterocycles. The highest BCUT2D eigenvalue weighted by molar-refractivity contribution is 5.95. The van der Waals surface area contributed by atoms with Crippen LogP contribution >= 0.6 is 12.4 Å². The van der Waals surface area contributed by atoms with Crippen molar-refractivity contribution in [3.8, 4) is 0 Å². The van der Waals surface area contributed by atoms with Gasteiger partial charge in [0.05, 0.1) is 23.7 Å². The van der Waals surface area contributed by atoms with Gasteiger partial charge in [-0.05, 0) is 67.8 Å². The first-order valence-electron chi connectivity index (χ1n) is 13.8. The Labute approximate surface area is 258 Å². The molecule has 1 heterocycles. The average Bonchev–Trinajstić information content (AvgIpc) is 2.94. The van der Waals surface area contributed by atoms with Crippen LogP contribution in [-0.4, -0.2) is 65.8 Å². The normalized spacial score (nSPS) is 15.7. The van der Waals surface area contributed by atoms with Crippen LogP contribution in [0.5, 0.6) is 0 Å². The zero-order valence-electron chi connectivity index (χ0n) is 24.5. The number of hydrogen-bond donors (Lipinski definition) is 0. The number of hydrogen-bond acceptors (Lipinski definition) is 3. The summed E-state index contributed by atoms with van der Waals surface area (Å²) in [7, 11) is 1.81. The second-order valence-corrected chi connectivity index (χ2v) is 11.1. The molecule has 0 aromatic heterocycles. The van der Waals surface area contributed by atoms with E-state index in [1.54, 1.807) is 4.90 Å². The van der Waals surface area contributed by atoms with Crippen LogP contribution in [-0.2, 0) is 30.1 Å². The molecule has 5 nitrogen and oxygen atoms in total. The fraction of sp³-hybridized carbons (Fsp3) is 0.375. The summed E-state index contributed by atoms with van der Waals surface area (Å²) in [5, 5.41) is 0. The van der Waals surface area contributed by atoms with E-state index in [0.29, 0.717) is 18.7 Å². The van der Waals surface area contributed by atoms with Gasteiger partial charge >= 0.3 is 12.4 Å². The van der Waals surface area contributed by atoms with Crippen LogP contribution in [0.25, 0.3) is 0 Å². The van der Waals surface area contributed by atoms with Crippen molar-refractivity contribution in [3.05, 3.63) is 106 Å². The van der Waals surface area contributed by atoms with Crippen LogP contribution in [0.4, 0.5) is 26.3 Å². The SMILES string of the molecule is Cc1ccc(C[C@@H]2CN(C(=O)CN(C)Cc3ccccc3)CCN2C(=O)c2cc(C(F)(F)F)cc(C(F)(F)F)c2)cc1C.Cl. The molecule has 0 aliphatic carbocycles. The third kappa shape index (κ3) is 8.75. The Balaban J connectivity index is 0.00000529. The quantitative estimate of drug-likeness (QED) is 0.267. The topological polar surface area (TPSA) is 43.9 Å². The van der Waals surface area contributed by atoms with Crippen molar-refractivity contribution in [2.24, 2.45) is 0 Å². The largest absolute Gasteiger partial charge is 0.416 e. The highest BCUT2D eigenvalue weighted by Crippen LogP contribution is 2.37. The minimum absolute atomic E-state index is 0. The molecule has 4 rings (SSSR count). The second-order valence-electron chi connectivity index (χ2n) is 11.1. The van der Waals surface area contributed by atoms with Crippen molar-refractivity contribution >= 4 is 24.2 Å². The number of carbonyl (C=O) groups excluding carboxylic acids is 2. The Morgan fingerprint density at radius 2 is 1.43 bits per heavy atom. The van der Waals surface area contributed by atoms with Gasteiger partial charge in [-0.25, -0.2) is 0 Å². The number of amides is 2. The first-order valence-corrected chi connectivity index (χ1v) is 13.8. The zero-order valence-corrected chi connectivity index (χ0v) is 25.3. The summed E-state index contributed by atoms with van der Waals surface area (Å²) in [5.74, 6) is -1.13. The van der Waals surface area contributed by atoms with Gasteiger partial charge in [-0.1, -0.05) is 48.5 Å². The van der Waals surface area contributed by atoms with Gasteiger partial charge in [-0.3, -0.25) is 14.5 Å². The number of rotatable bonds is 7. The van der Waals surface area contributed by atoms with Crippen molar-refractivity contribution in [1.29, 1.82) is 0 Å². The average molecular weight is 642 g/mol. The standard InChI is InChI=1S/C32H33F6N3O2.ClH/c1-21-9-10-24(13-22(21)2)14-28-19-40(29(42)20-39(3)18-23-7-5-4-6-8-23)11-12-41(28)30(43)25-15-26(31(33,34)35)17-27(16-25)32(36,37)38;/h4-10,13,15-17,28H,11-12,14,18-20H2,1-3H3;1H/t28-;/m1./s1. The van der Waals surface area contributed by atoms with Gasteiger partial charge in [-0.2, -0.15) is 26.3 Å². The third-order valence-electron chi connectivity index (χ3n) is 7.67. The first-order chi connectivity index (χ1) is 20.1. The van der Waals surface area contributed by atoms with E-state index in [-0.39, 0.29) is 57.0 Å². The number of piperazine rings is 1. The van der Waals surface area contributed by atoms with Crippen LogP contribution in [0, 0.1) is 13.8 Å². The molecule has 0 unspecified atom stereocenters. The van der Waals surface area contributed by atoms with Crippen molar-refractivity contribution < 1.29 is 35.9 Å². The number of benzene rings is 3. The molecule has 44 heavy (non-hydrogen) atoms. The highest BCUT2D eigenvalue weighted by Gasteiger charge is 2.39. The maximum absolute atomic E-state index is 13.6. The Morgan fingerprint density at radius 3 is 2.00 bits per heavy atom. The molecule has 0 saturated carbocycles. The number of nitrogens with zero attached hydrogens (tertiary/aromatic N) is 3. The highest BCUT2D eigenvalue weighted by atomic mass is 35.5. The van der Waals surface area contributed by atoms with Gasteiger partial charge in [0.25, 0.3) is 5.91 Å². The van der Waals surface area contributed by atoms with E-state index in [1.807, 2.05) is 74.3 Å². The van der Waals surface area contributed by atoms with Crippen molar-refractivity contribution in [2.45, 2.75) is 45.2 Å². The van der Waals surface area contributed by atoms with Crippen molar-refractivity contribution in [2.75, 3.05) is 33.2 Å². The fourth-order valence-electron chi connectivity index (χ4n) is 5.25. The zero-order chi connectivity index (χ0) is 31.5. The molecule has 12 heteroatoms. The molecule has 1 fully saturated rings. The molecule has 3 aromatic carbocycles. The lowest BCUT2D eigenvalue weighted by molar-refractivity contribution is -0.143. The summed E-state index contributed by atoms with van der Waals surface area (Å²) < 4.78 is 81.1. The number of halogens is 7. The van der Waals surface area contributed by atoms with Crippen LogP contribution < -0.4 is 0 Å². The van der Waals surface area contributed by atoms with Gasteiger partial charge in [-0.15, -0.1) is 12.4 Å². The van der Waals surface area contributed by atoms with E-state index in [2.05, 4.69) is 0 Å². The van der Waals surface area contributed by atoms with Gasteiger partial charge < -0.3 is 9.80 Å². The lowest BCUT2D eigenvalue weighted by Crippen LogP contribution is -2.58. The van der Waals surface area contributed by atoms with Crippen LogP contribution in [0.2, 0.25) is 0 Å². The Hall–Kier alpha value is -3.57. The molecule has 0 spiro atoms. The van der Waals surface area contributed by atoms with Crippen LogP contribution in [0.3, 0.4) is 0 Å². The molecule has 0 radical (unpaired) electrons. The summed E-state index contributed by atoms with van der Waals surface area (Å²) in [5.41, 5.74) is 0.103. The lowest BCUT2D eigenvalue weighted by atomic mass is 9.97. The van der Waals surface area contributed by atoms with Crippen molar-refractivity contribution in [3.63, 3.8) is 0 Å². The number of carbonyl (C=O) groups is 2. The number of aryl methyl sites for hydroxylation is 2. The minimum atomic E-state index is -5.08. The molecule has 1 aliphatic rings. The van der Waals surface area contributed by atoms with E-state index in [1.165, 1.54) is 4.90 Å². The smallest absolute Gasteiger partial charge is 0.338 e. The lowest BCUT2D eigenvalue weighted by Gasteiger charge is -2.42. The van der Waals surface area contributed by atoms with Crippen molar-refractivity contribution in [1.82, 2.24) is 14.7 Å². The molecular formula is C32H34ClF6N3O2. The third-order valence-corrected chi connectivity index (χ3v) is 7.67. The molecule has 0 bridgehead atoms. The summed E-state index contributed by atoms with van der Waals surface area (Å²) in [4.78, 5) is 31.7. The second kappa shape index (κ2) is 14.0. The molecule has 0 N–H and O–H groups in total. The van der Waals surface area contributed by atoms with Crippen LogP contribution in [0.15, 0.2) is 66.7 Å². The summed E-state index contributed by atoms with van der Waals surface area (Å²) in [6, 6.07) is 15.6. The fourth-order valence-corrected chi connectivity index (χ4v) is 5.25. The number of alkyl halides is 6. The summed E-state index contributed by atoms with van der Waals surface area (Å²) in [6.07, 6.45) is -9.89. The predicted molar refractivity (Wildman–Crippen MR) is 157 cm³/mol. The first kappa shape index (κ1) is 34.9. The van der Waals surface area contributed by atoms with E-state index in [4.69, 9.17) is 0 Å². The predicted octanol–water partition coefficient (Wildman–Crippen LogP) is 6.79. The van der Waals surface area contributed by atoms with E-state index in [0.717, 1.165) is 22.3 Å². The molecule has 238 valence electrons. The van der Waals surface area contributed by atoms with Gasteiger partial charge in [0, 0.05) is 31.7 Å².